The predicted octanol–water partition coefficient (Wildman–Crippen LogP) is 7.30. The van der Waals surface area contributed by atoms with Gasteiger partial charge in [-0.15, -0.1) is 0 Å². The Hall–Kier alpha value is -2.72. The summed E-state index contributed by atoms with van der Waals surface area (Å²) < 4.78 is 25.7. The highest BCUT2D eigenvalue weighted by molar-refractivity contribution is 5.97. The lowest BCUT2D eigenvalue weighted by Crippen LogP contribution is -2.03. The smallest absolute Gasteiger partial charge is 0.162 e. The standard InChI is InChI=1S/C27H33FO3/c1-19(2)8-6-7-9-27(29)21-10-12-24(22(16-21)18-31-15-14-20(3)4)25-17-23(30-5)11-13-26(25)28/h8,10-14,16-17H,6-7,9,15,18H2,1-5H3. The van der Waals surface area contributed by atoms with Crippen LogP contribution in [0.4, 0.5) is 4.39 Å². The number of hydrogen-bond donors (Lipinski definition) is 0. The number of ketones is 1. The number of methoxy groups -OCH3 is 1. The van der Waals surface area contributed by atoms with E-state index in [0.29, 0.717) is 35.5 Å². The fourth-order valence-corrected chi connectivity index (χ4v) is 3.18. The van der Waals surface area contributed by atoms with Gasteiger partial charge in [0, 0.05) is 17.5 Å². The SMILES string of the molecule is COc1ccc(F)c(-c2ccc(C(=O)CCCC=C(C)C)cc2COCC=C(C)C)c1. The van der Waals surface area contributed by atoms with Gasteiger partial charge in [0.2, 0.25) is 0 Å². The van der Waals surface area contributed by atoms with Crippen LogP contribution >= 0.6 is 0 Å². The maximum Gasteiger partial charge on any atom is 0.162 e. The summed E-state index contributed by atoms with van der Waals surface area (Å²) in [5.41, 5.74) is 4.97. The zero-order chi connectivity index (χ0) is 22.8. The van der Waals surface area contributed by atoms with Crippen LogP contribution in [0.3, 0.4) is 0 Å². The van der Waals surface area contributed by atoms with E-state index in [4.69, 9.17) is 9.47 Å². The van der Waals surface area contributed by atoms with Crippen molar-refractivity contribution in [3.63, 3.8) is 0 Å². The Kier molecular flexibility index (Phi) is 9.67. The molecule has 2 rings (SSSR count). The van der Waals surface area contributed by atoms with E-state index in [1.165, 1.54) is 17.2 Å². The average molecular weight is 425 g/mol. The number of Topliss-reactive ketones (excluding diaryl/α,β-unsaturated/α-hetero) is 1. The zero-order valence-corrected chi connectivity index (χ0v) is 19.3. The van der Waals surface area contributed by atoms with Crippen molar-refractivity contribution in [1.29, 1.82) is 0 Å². The highest BCUT2D eigenvalue weighted by Crippen LogP contribution is 2.31. The van der Waals surface area contributed by atoms with Gasteiger partial charge in [-0.3, -0.25) is 4.79 Å². The minimum Gasteiger partial charge on any atom is -0.497 e. The lowest BCUT2D eigenvalue weighted by molar-refractivity contribution is 0.0980. The number of carbonyl (C=O) groups excluding carboxylic acids is 1. The summed E-state index contributed by atoms with van der Waals surface area (Å²) in [6.45, 7) is 8.88. The summed E-state index contributed by atoms with van der Waals surface area (Å²) in [4.78, 5) is 12.7. The summed E-state index contributed by atoms with van der Waals surface area (Å²) in [7, 11) is 1.55. The number of halogens is 1. The second kappa shape index (κ2) is 12.2. The molecule has 2 aromatic carbocycles. The topological polar surface area (TPSA) is 35.5 Å². The first-order valence-electron chi connectivity index (χ1n) is 10.7. The van der Waals surface area contributed by atoms with Crippen LogP contribution in [-0.4, -0.2) is 19.5 Å². The lowest BCUT2D eigenvalue weighted by Gasteiger charge is -2.14. The molecule has 0 bridgehead atoms. The molecular weight excluding hydrogens is 391 g/mol. The Morgan fingerprint density at radius 3 is 2.39 bits per heavy atom. The van der Waals surface area contributed by atoms with Gasteiger partial charge in [-0.05, 0) is 75.9 Å². The number of hydrogen-bond acceptors (Lipinski definition) is 3. The van der Waals surface area contributed by atoms with Gasteiger partial charge in [0.15, 0.2) is 5.78 Å². The first-order valence-corrected chi connectivity index (χ1v) is 10.7. The van der Waals surface area contributed by atoms with Gasteiger partial charge in [-0.2, -0.15) is 0 Å². The van der Waals surface area contributed by atoms with Crippen molar-refractivity contribution < 1.29 is 18.7 Å². The Balaban J connectivity index is 2.31. The van der Waals surface area contributed by atoms with Crippen LogP contribution in [0.25, 0.3) is 11.1 Å². The molecule has 0 aromatic heterocycles. The van der Waals surface area contributed by atoms with E-state index in [1.807, 2.05) is 26.0 Å². The summed E-state index contributed by atoms with van der Waals surface area (Å²) in [5.74, 6) is 0.324. The van der Waals surface area contributed by atoms with Gasteiger partial charge in [-0.25, -0.2) is 4.39 Å². The first-order chi connectivity index (χ1) is 14.8. The molecule has 4 heteroatoms. The van der Waals surface area contributed by atoms with Crippen LogP contribution in [0.1, 0.15) is 62.9 Å². The molecule has 0 heterocycles. The highest BCUT2D eigenvalue weighted by atomic mass is 19.1. The van der Waals surface area contributed by atoms with Crippen molar-refractivity contribution in [2.75, 3.05) is 13.7 Å². The molecule has 0 N–H and O–H groups in total. The second-order valence-corrected chi connectivity index (χ2v) is 8.11. The fourth-order valence-electron chi connectivity index (χ4n) is 3.18. The van der Waals surface area contributed by atoms with Crippen LogP contribution in [0.2, 0.25) is 0 Å². The Morgan fingerprint density at radius 2 is 1.71 bits per heavy atom. The molecule has 0 atom stereocenters. The van der Waals surface area contributed by atoms with Crippen molar-refractivity contribution in [1.82, 2.24) is 0 Å². The maximum absolute atomic E-state index is 14.6. The van der Waals surface area contributed by atoms with E-state index < -0.39 is 0 Å². The molecule has 0 aliphatic rings. The molecule has 0 amide bonds. The monoisotopic (exact) mass is 424 g/mol. The number of rotatable bonds is 11. The predicted molar refractivity (Wildman–Crippen MR) is 125 cm³/mol. The molecule has 0 saturated carbocycles. The normalized spacial score (nSPS) is 10.5. The van der Waals surface area contributed by atoms with Crippen LogP contribution in [0, 0.1) is 5.82 Å². The van der Waals surface area contributed by atoms with E-state index in [9.17, 15) is 9.18 Å². The van der Waals surface area contributed by atoms with Crippen LogP contribution < -0.4 is 4.74 Å². The largest absolute Gasteiger partial charge is 0.497 e. The number of benzene rings is 2. The number of allylic oxidation sites excluding steroid dienone is 3. The molecule has 0 fully saturated rings. The lowest BCUT2D eigenvalue weighted by atomic mass is 9.95. The molecule has 0 aliphatic heterocycles. The van der Waals surface area contributed by atoms with Crippen molar-refractivity contribution >= 4 is 5.78 Å². The van der Waals surface area contributed by atoms with E-state index >= 15 is 0 Å². The van der Waals surface area contributed by atoms with E-state index in [0.717, 1.165) is 18.4 Å². The summed E-state index contributed by atoms with van der Waals surface area (Å²) in [6, 6.07) is 10.1. The third-order valence-electron chi connectivity index (χ3n) is 4.92. The summed E-state index contributed by atoms with van der Waals surface area (Å²) in [5, 5.41) is 0. The Morgan fingerprint density at radius 1 is 0.968 bits per heavy atom. The molecular formula is C27H33FO3. The van der Waals surface area contributed by atoms with Crippen LogP contribution in [-0.2, 0) is 11.3 Å². The molecule has 2 aromatic rings. The highest BCUT2D eigenvalue weighted by Gasteiger charge is 2.15. The van der Waals surface area contributed by atoms with Gasteiger partial charge < -0.3 is 9.47 Å². The second-order valence-electron chi connectivity index (χ2n) is 8.11. The Bertz CT molecular complexity index is 949. The number of ether oxygens (including phenoxy) is 2. The van der Waals surface area contributed by atoms with Crippen LogP contribution in [0.5, 0.6) is 5.75 Å². The van der Waals surface area contributed by atoms with E-state index in [1.54, 1.807) is 31.4 Å². The molecule has 0 aliphatic carbocycles. The number of carbonyl (C=O) groups is 1. The maximum atomic E-state index is 14.6. The third-order valence-corrected chi connectivity index (χ3v) is 4.92. The van der Waals surface area contributed by atoms with Gasteiger partial charge in [0.25, 0.3) is 0 Å². The molecule has 0 saturated heterocycles. The van der Waals surface area contributed by atoms with Gasteiger partial charge in [0.05, 0.1) is 20.3 Å². The van der Waals surface area contributed by atoms with E-state index in [-0.39, 0.29) is 18.2 Å². The average Bonchev–Trinajstić information content (AvgIpc) is 2.74. The van der Waals surface area contributed by atoms with Crippen molar-refractivity contribution in [2.45, 2.75) is 53.6 Å². The van der Waals surface area contributed by atoms with Gasteiger partial charge in [0.1, 0.15) is 11.6 Å². The summed E-state index contributed by atoms with van der Waals surface area (Å²) in [6.07, 6.45) is 6.31. The minimum atomic E-state index is -0.341. The fraction of sp³-hybridized carbons (Fsp3) is 0.370. The Labute approximate surface area is 185 Å². The molecule has 3 nitrogen and oxygen atoms in total. The van der Waals surface area contributed by atoms with Gasteiger partial charge in [-0.1, -0.05) is 35.4 Å². The summed E-state index contributed by atoms with van der Waals surface area (Å²) >= 11 is 0. The minimum absolute atomic E-state index is 0.0883. The van der Waals surface area contributed by atoms with Gasteiger partial charge >= 0.3 is 0 Å². The van der Waals surface area contributed by atoms with Crippen LogP contribution in [0.15, 0.2) is 59.7 Å². The molecule has 166 valence electrons. The zero-order valence-electron chi connectivity index (χ0n) is 19.3. The first kappa shape index (κ1) is 24.5. The molecule has 0 unspecified atom stereocenters. The van der Waals surface area contributed by atoms with Crippen molar-refractivity contribution in [3.05, 3.63) is 76.6 Å². The van der Waals surface area contributed by atoms with Crippen molar-refractivity contribution in [3.8, 4) is 16.9 Å². The molecule has 0 radical (unpaired) electrons. The van der Waals surface area contributed by atoms with Crippen molar-refractivity contribution in [2.24, 2.45) is 0 Å². The van der Waals surface area contributed by atoms with E-state index in [2.05, 4.69) is 19.9 Å². The third kappa shape index (κ3) is 7.80. The molecule has 0 spiro atoms. The quantitative estimate of drug-likeness (QED) is 0.216. The number of unbranched alkanes of at least 4 members (excludes halogenated alkanes) is 1. The molecule has 31 heavy (non-hydrogen) atoms.